The number of benzene rings is 3. The van der Waals surface area contributed by atoms with Crippen LogP contribution in [0.5, 0.6) is 17.2 Å². The first-order valence-corrected chi connectivity index (χ1v) is 12.2. The molecular formula is C30H33NO3. The zero-order chi connectivity index (χ0) is 23.7. The molecule has 0 amide bonds. The summed E-state index contributed by atoms with van der Waals surface area (Å²) in [7, 11) is 0. The van der Waals surface area contributed by atoms with Gasteiger partial charge in [-0.1, -0.05) is 49.4 Å². The molecule has 1 N–H and O–H groups in total. The summed E-state index contributed by atoms with van der Waals surface area (Å²) in [6.45, 7) is 9.73. The van der Waals surface area contributed by atoms with Gasteiger partial charge < -0.3 is 14.6 Å². The highest BCUT2D eigenvalue weighted by Crippen LogP contribution is 2.46. The minimum atomic E-state index is -0.237. The summed E-state index contributed by atoms with van der Waals surface area (Å²) in [5.41, 5.74) is 5.53. The van der Waals surface area contributed by atoms with Gasteiger partial charge in [0.1, 0.15) is 30.0 Å². The van der Waals surface area contributed by atoms with Gasteiger partial charge in [0.05, 0.1) is 0 Å². The van der Waals surface area contributed by atoms with Crippen molar-refractivity contribution < 1.29 is 14.6 Å². The molecule has 3 atom stereocenters. The monoisotopic (exact) mass is 455 g/mol. The first kappa shape index (κ1) is 22.5. The Balaban J connectivity index is 1.38. The number of hydrogen-bond acceptors (Lipinski definition) is 4. The van der Waals surface area contributed by atoms with Gasteiger partial charge in [0.2, 0.25) is 0 Å². The summed E-state index contributed by atoms with van der Waals surface area (Å²) in [5, 5.41) is 9.80. The molecule has 0 spiro atoms. The van der Waals surface area contributed by atoms with E-state index in [9.17, 15) is 5.11 Å². The van der Waals surface area contributed by atoms with E-state index in [-0.39, 0.29) is 11.9 Å². The van der Waals surface area contributed by atoms with Crippen molar-refractivity contribution >= 4 is 11.1 Å². The highest BCUT2D eigenvalue weighted by Gasteiger charge is 2.29. The molecule has 34 heavy (non-hydrogen) atoms. The molecule has 3 aromatic carbocycles. The smallest absolute Gasteiger partial charge is 0.150 e. The molecule has 3 aromatic rings. The van der Waals surface area contributed by atoms with E-state index in [1.54, 1.807) is 12.1 Å². The summed E-state index contributed by atoms with van der Waals surface area (Å²) < 4.78 is 12.7. The third-order valence-corrected chi connectivity index (χ3v) is 7.13. The van der Waals surface area contributed by atoms with Crippen molar-refractivity contribution in [2.24, 2.45) is 5.92 Å². The lowest BCUT2D eigenvalue weighted by atomic mass is 9.86. The van der Waals surface area contributed by atoms with Crippen LogP contribution in [-0.2, 0) is 0 Å². The van der Waals surface area contributed by atoms with E-state index in [2.05, 4.69) is 43.9 Å². The van der Waals surface area contributed by atoms with Crippen LogP contribution >= 0.6 is 0 Å². The molecule has 0 saturated carbocycles. The Morgan fingerprint density at radius 1 is 1.03 bits per heavy atom. The van der Waals surface area contributed by atoms with Gasteiger partial charge in [0, 0.05) is 23.7 Å². The number of ether oxygens (including phenoxy) is 2. The Hall–Kier alpha value is -3.24. The number of phenols is 1. The van der Waals surface area contributed by atoms with Crippen molar-refractivity contribution in [3.8, 4) is 17.2 Å². The second-order valence-corrected chi connectivity index (χ2v) is 9.70. The number of phenolic OH excluding ortho intramolecular Hbond substituents is 1. The van der Waals surface area contributed by atoms with Crippen LogP contribution in [-0.4, -0.2) is 35.7 Å². The highest BCUT2D eigenvalue weighted by atomic mass is 16.5. The third kappa shape index (κ3) is 4.55. The molecule has 0 bridgehead atoms. The Bertz CT molecular complexity index is 1170. The van der Waals surface area contributed by atoms with Gasteiger partial charge in [-0.15, -0.1) is 0 Å². The number of rotatable bonds is 6. The maximum absolute atomic E-state index is 9.80. The van der Waals surface area contributed by atoms with Crippen molar-refractivity contribution in [2.75, 3.05) is 19.7 Å². The molecule has 176 valence electrons. The number of aromatic hydroxyl groups is 1. The summed E-state index contributed by atoms with van der Waals surface area (Å²) in [6.07, 6.45) is 1.04. The van der Waals surface area contributed by atoms with E-state index in [0.717, 1.165) is 52.8 Å². The molecular weight excluding hydrogens is 422 g/mol. The average Bonchev–Trinajstić information content (AvgIpc) is 3.30. The lowest BCUT2D eigenvalue weighted by Gasteiger charge is -2.31. The largest absolute Gasteiger partial charge is 0.508 e. The number of allylic oxidation sites excluding steroid dienone is 1. The summed E-state index contributed by atoms with van der Waals surface area (Å²) in [5.74, 6) is 2.81. The summed E-state index contributed by atoms with van der Waals surface area (Å²) in [4.78, 5) is 2.52. The minimum absolute atomic E-state index is 0.237. The zero-order valence-corrected chi connectivity index (χ0v) is 20.2. The predicted octanol–water partition coefficient (Wildman–Crippen LogP) is 6.57. The van der Waals surface area contributed by atoms with Gasteiger partial charge in [-0.05, 0) is 79.8 Å². The lowest BCUT2D eigenvalue weighted by molar-refractivity contribution is 0.169. The second-order valence-electron chi connectivity index (χ2n) is 9.70. The topological polar surface area (TPSA) is 41.9 Å². The summed E-state index contributed by atoms with van der Waals surface area (Å²) in [6, 6.07) is 24.2. The molecule has 0 radical (unpaired) electrons. The van der Waals surface area contributed by atoms with Gasteiger partial charge in [-0.2, -0.15) is 0 Å². The maximum Gasteiger partial charge on any atom is 0.150 e. The molecule has 0 aromatic heterocycles. The second kappa shape index (κ2) is 9.55. The van der Waals surface area contributed by atoms with Crippen LogP contribution in [0, 0.1) is 5.92 Å². The van der Waals surface area contributed by atoms with E-state index < -0.39 is 0 Å². The van der Waals surface area contributed by atoms with Crippen molar-refractivity contribution in [3.05, 3.63) is 89.5 Å². The van der Waals surface area contributed by atoms with Gasteiger partial charge in [-0.25, -0.2) is 0 Å². The molecule has 3 unspecified atom stereocenters. The number of hydrogen-bond donors (Lipinski definition) is 1. The van der Waals surface area contributed by atoms with Crippen molar-refractivity contribution in [1.82, 2.24) is 4.90 Å². The average molecular weight is 456 g/mol. The van der Waals surface area contributed by atoms with Gasteiger partial charge >= 0.3 is 0 Å². The fourth-order valence-corrected chi connectivity index (χ4v) is 5.08. The number of fused-ring (bicyclic) bond motifs is 1. The van der Waals surface area contributed by atoms with Crippen LogP contribution in [0.4, 0.5) is 0 Å². The molecule has 1 saturated heterocycles. The maximum atomic E-state index is 9.80. The van der Waals surface area contributed by atoms with Crippen LogP contribution in [0.3, 0.4) is 0 Å². The quantitative estimate of drug-likeness (QED) is 0.457. The SMILES string of the molecule is CC1=C(c2ccc(O)cc2)C(c2ccc(OCC(C)N3CCC(C)C3)cc2)Oc2ccccc21. The number of likely N-dealkylation sites (tertiary alicyclic amines) is 1. The van der Waals surface area contributed by atoms with Crippen LogP contribution in [0.2, 0.25) is 0 Å². The Morgan fingerprint density at radius 3 is 2.47 bits per heavy atom. The Kier molecular flexibility index (Phi) is 6.34. The standard InChI is InChI=1S/C30H33NO3/c1-20-16-17-31(18-20)21(2)19-33-26-14-10-24(11-15-26)30-29(23-8-12-25(32)13-9-23)22(3)27-6-4-5-7-28(27)34-30/h4-15,20-21,30,32H,16-19H2,1-3H3. The third-order valence-electron chi connectivity index (χ3n) is 7.13. The normalized spacial score (nSPS) is 21.1. The molecule has 1 fully saturated rings. The van der Waals surface area contributed by atoms with E-state index in [1.807, 2.05) is 42.5 Å². The molecule has 2 aliphatic rings. The lowest BCUT2D eigenvalue weighted by Crippen LogP contribution is -2.35. The fourth-order valence-electron chi connectivity index (χ4n) is 5.08. The van der Waals surface area contributed by atoms with Crippen molar-refractivity contribution in [1.29, 1.82) is 0 Å². The number of nitrogens with zero attached hydrogens (tertiary/aromatic N) is 1. The van der Waals surface area contributed by atoms with Crippen LogP contribution in [0.1, 0.15) is 50.0 Å². The highest BCUT2D eigenvalue weighted by molar-refractivity contribution is 5.95. The van der Waals surface area contributed by atoms with E-state index in [1.165, 1.54) is 12.0 Å². The van der Waals surface area contributed by atoms with Crippen molar-refractivity contribution in [2.45, 2.75) is 39.3 Å². The van der Waals surface area contributed by atoms with Crippen LogP contribution in [0.25, 0.3) is 11.1 Å². The van der Waals surface area contributed by atoms with Crippen molar-refractivity contribution in [3.63, 3.8) is 0 Å². The van der Waals surface area contributed by atoms with Gasteiger partial charge in [0.25, 0.3) is 0 Å². The molecule has 5 rings (SSSR count). The van der Waals surface area contributed by atoms with Gasteiger partial charge in [0.15, 0.2) is 0 Å². The molecule has 4 nitrogen and oxygen atoms in total. The molecule has 2 aliphatic heterocycles. The van der Waals surface area contributed by atoms with E-state index in [4.69, 9.17) is 9.47 Å². The van der Waals surface area contributed by atoms with E-state index >= 15 is 0 Å². The molecule has 4 heteroatoms. The first-order valence-electron chi connectivity index (χ1n) is 12.2. The Labute approximate surface area is 202 Å². The number of para-hydroxylation sites is 1. The summed E-state index contributed by atoms with van der Waals surface area (Å²) >= 11 is 0. The van der Waals surface area contributed by atoms with Crippen LogP contribution in [0.15, 0.2) is 72.8 Å². The van der Waals surface area contributed by atoms with Crippen LogP contribution < -0.4 is 9.47 Å². The first-order chi connectivity index (χ1) is 16.5. The Morgan fingerprint density at radius 2 is 1.76 bits per heavy atom. The predicted molar refractivity (Wildman–Crippen MR) is 137 cm³/mol. The van der Waals surface area contributed by atoms with Gasteiger partial charge in [-0.3, -0.25) is 4.90 Å². The fraction of sp³-hybridized carbons (Fsp3) is 0.333. The van der Waals surface area contributed by atoms with E-state index in [0.29, 0.717) is 12.6 Å². The minimum Gasteiger partial charge on any atom is -0.508 e. The molecule has 0 aliphatic carbocycles. The molecule has 2 heterocycles. The zero-order valence-electron chi connectivity index (χ0n) is 20.2.